The minimum absolute atomic E-state index is 0.0525. The molecule has 3 atom stereocenters. The molecule has 3 rings (SSSR count). The Labute approximate surface area is 110 Å². The molecule has 1 aliphatic heterocycles. The Bertz CT molecular complexity index is 338. The highest BCUT2D eigenvalue weighted by atomic mass is 16.6. The largest absolute Gasteiger partial charge is 0.458 e. The highest BCUT2D eigenvalue weighted by Gasteiger charge is 2.60. The summed E-state index contributed by atoms with van der Waals surface area (Å²) in [6.07, 6.45) is 13.5. The lowest BCUT2D eigenvalue weighted by Gasteiger charge is -2.43. The highest BCUT2D eigenvalue weighted by molar-refractivity contribution is 5.72. The zero-order valence-corrected chi connectivity index (χ0v) is 11.7. The molecule has 0 aromatic rings. The summed E-state index contributed by atoms with van der Waals surface area (Å²) in [6, 6.07) is 0. The number of carbonyl (C=O) groups excluding carboxylic acids is 1. The van der Waals surface area contributed by atoms with E-state index in [2.05, 4.69) is 6.92 Å². The van der Waals surface area contributed by atoms with Crippen LogP contribution < -0.4 is 0 Å². The van der Waals surface area contributed by atoms with Crippen molar-refractivity contribution in [3.63, 3.8) is 0 Å². The summed E-state index contributed by atoms with van der Waals surface area (Å²) in [7, 11) is 0. The fourth-order valence-electron chi connectivity index (χ4n) is 4.89. The molecule has 2 heteroatoms. The van der Waals surface area contributed by atoms with E-state index in [0.29, 0.717) is 6.42 Å². The zero-order valence-electron chi connectivity index (χ0n) is 11.7. The molecule has 102 valence electrons. The van der Waals surface area contributed by atoms with E-state index in [1.807, 2.05) is 0 Å². The molecule has 0 bridgehead atoms. The molecule has 18 heavy (non-hydrogen) atoms. The fourth-order valence-corrected chi connectivity index (χ4v) is 4.89. The molecule has 0 amide bonds. The normalized spacial score (nSPS) is 45.2. The van der Waals surface area contributed by atoms with Gasteiger partial charge in [0.15, 0.2) is 0 Å². The Morgan fingerprint density at radius 2 is 1.78 bits per heavy atom. The first-order valence-electron chi connectivity index (χ1n) is 7.88. The Morgan fingerprint density at radius 3 is 2.56 bits per heavy atom. The Hall–Kier alpha value is -0.530. The minimum atomic E-state index is -0.0842. The molecule has 2 aliphatic carbocycles. The maximum Gasteiger partial charge on any atom is 0.306 e. The summed E-state index contributed by atoms with van der Waals surface area (Å²) in [5.74, 6) is 0.846. The SMILES string of the molecule is C[C@]12CCCCCCCC1CCC21CCC(=O)O1. The maximum atomic E-state index is 11.6. The van der Waals surface area contributed by atoms with Gasteiger partial charge in [0, 0.05) is 11.8 Å². The van der Waals surface area contributed by atoms with Gasteiger partial charge in [0.25, 0.3) is 0 Å². The molecule has 1 heterocycles. The molecule has 2 nitrogen and oxygen atoms in total. The van der Waals surface area contributed by atoms with Gasteiger partial charge in [0.05, 0.1) is 0 Å². The van der Waals surface area contributed by atoms with E-state index in [9.17, 15) is 4.79 Å². The van der Waals surface area contributed by atoms with Crippen LogP contribution in [0.3, 0.4) is 0 Å². The second-order valence-corrected chi connectivity index (χ2v) is 6.93. The van der Waals surface area contributed by atoms with E-state index in [4.69, 9.17) is 4.74 Å². The number of ether oxygens (including phenoxy) is 1. The van der Waals surface area contributed by atoms with E-state index in [1.165, 1.54) is 51.4 Å². The van der Waals surface area contributed by atoms with Gasteiger partial charge >= 0.3 is 5.97 Å². The molecule has 0 N–H and O–H groups in total. The summed E-state index contributed by atoms with van der Waals surface area (Å²) in [6.45, 7) is 2.43. The fraction of sp³-hybridized carbons (Fsp3) is 0.938. The number of carbonyl (C=O) groups is 1. The van der Waals surface area contributed by atoms with Crippen molar-refractivity contribution in [2.45, 2.75) is 83.2 Å². The predicted molar refractivity (Wildman–Crippen MR) is 71.2 cm³/mol. The molecule has 3 fully saturated rings. The molecule has 1 saturated heterocycles. The third-order valence-corrected chi connectivity index (χ3v) is 6.13. The minimum Gasteiger partial charge on any atom is -0.458 e. The van der Waals surface area contributed by atoms with Crippen LogP contribution in [-0.2, 0) is 9.53 Å². The molecular formula is C16H26O2. The van der Waals surface area contributed by atoms with Crippen molar-refractivity contribution in [1.82, 2.24) is 0 Å². The standard InChI is InChI=1S/C16H26O2/c1-15-10-6-4-2-3-5-7-13(15)8-11-16(15)12-9-14(17)18-16/h13H,2-12H2,1H3/t13?,15-,16?/m0/s1. The molecule has 1 spiro atoms. The zero-order chi connectivity index (χ0) is 12.6. The van der Waals surface area contributed by atoms with E-state index in [1.54, 1.807) is 0 Å². The Morgan fingerprint density at radius 1 is 1.00 bits per heavy atom. The van der Waals surface area contributed by atoms with Crippen LogP contribution >= 0.6 is 0 Å². The van der Waals surface area contributed by atoms with Crippen LogP contribution in [0.4, 0.5) is 0 Å². The second-order valence-electron chi connectivity index (χ2n) is 6.93. The molecule has 2 unspecified atom stereocenters. The first kappa shape index (κ1) is 12.5. The number of hydrogen-bond acceptors (Lipinski definition) is 2. The lowest BCUT2D eigenvalue weighted by Crippen LogP contribution is -2.44. The average molecular weight is 250 g/mol. The van der Waals surface area contributed by atoms with Gasteiger partial charge in [-0.2, -0.15) is 0 Å². The van der Waals surface area contributed by atoms with Gasteiger partial charge in [-0.05, 0) is 38.0 Å². The van der Waals surface area contributed by atoms with Gasteiger partial charge in [-0.25, -0.2) is 0 Å². The number of fused-ring (bicyclic) bond motifs is 2. The van der Waals surface area contributed by atoms with Crippen LogP contribution in [0, 0.1) is 11.3 Å². The summed E-state index contributed by atoms with van der Waals surface area (Å²) >= 11 is 0. The molecule has 0 radical (unpaired) electrons. The highest BCUT2D eigenvalue weighted by Crippen LogP contribution is 2.60. The lowest BCUT2D eigenvalue weighted by atomic mass is 9.66. The van der Waals surface area contributed by atoms with Crippen molar-refractivity contribution >= 4 is 5.97 Å². The van der Waals surface area contributed by atoms with E-state index >= 15 is 0 Å². The molecule has 0 aromatic carbocycles. The first-order valence-corrected chi connectivity index (χ1v) is 7.88. The number of esters is 1. The van der Waals surface area contributed by atoms with E-state index in [-0.39, 0.29) is 17.0 Å². The van der Waals surface area contributed by atoms with Crippen LogP contribution in [-0.4, -0.2) is 11.6 Å². The monoisotopic (exact) mass is 250 g/mol. The quantitative estimate of drug-likeness (QED) is 0.602. The van der Waals surface area contributed by atoms with Crippen LogP contribution in [0.15, 0.2) is 0 Å². The van der Waals surface area contributed by atoms with Gasteiger partial charge in [-0.15, -0.1) is 0 Å². The topological polar surface area (TPSA) is 26.3 Å². The summed E-state index contributed by atoms with van der Waals surface area (Å²) < 4.78 is 5.88. The van der Waals surface area contributed by atoms with Gasteiger partial charge in [0.2, 0.25) is 0 Å². The van der Waals surface area contributed by atoms with Crippen molar-refractivity contribution in [3.8, 4) is 0 Å². The summed E-state index contributed by atoms with van der Waals surface area (Å²) in [4.78, 5) is 11.6. The van der Waals surface area contributed by atoms with Crippen molar-refractivity contribution in [2.75, 3.05) is 0 Å². The molecular weight excluding hydrogens is 224 g/mol. The van der Waals surface area contributed by atoms with E-state index < -0.39 is 0 Å². The molecule has 0 aromatic heterocycles. The summed E-state index contributed by atoms with van der Waals surface area (Å²) in [5, 5.41) is 0. The second kappa shape index (κ2) is 4.54. The van der Waals surface area contributed by atoms with Gasteiger partial charge in [-0.1, -0.05) is 39.0 Å². The lowest BCUT2D eigenvalue weighted by molar-refractivity contribution is -0.159. The third-order valence-electron chi connectivity index (χ3n) is 6.13. The predicted octanol–water partition coefficient (Wildman–Crippen LogP) is 4.22. The van der Waals surface area contributed by atoms with Gasteiger partial charge in [0.1, 0.15) is 5.60 Å². The maximum absolute atomic E-state index is 11.6. The first-order chi connectivity index (χ1) is 8.66. The average Bonchev–Trinajstić information content (AvgIpc) is 2.86. The van der Waals surface area contributed by atoms with Crippen LogP contribution in [0.2, 0.25) is 0 Å². The van der Waals surface area contributed by atoms with Crippen molar-refractivity contribution in [3.05, 3.63) is 0 Å². The van der Waals surface area contributed by atoms with Crippen molar-refractivity contribution in [1.29, 1.82) is 0 Å². The van der Waals surface area contributed by atoms with Gasteiger partial charge < -0.3 is 4.74 Å². The van der Waals surface area contributed by atoms with Gasteiger partial charge in [-0.3, -0.25) is 4.79 Å². The Kier molecular flexibility index (Phi) is 3.15. The number of rotatable bonds is 0. The van der Waals surface area contributed by atoms with Crippen LogP contribution in [0.5, 0.6) is 0 Å². The molecule has 3 aliphatic rings. The van der Waals surface area contributed by atoms with Crippen molar-refractivity contribution in [2.24, 2.45) is 11.3 Å². The van der Waals surface area contributed by atoms with E-state index in [0.717, 1.165) is 18.8 Å². The smallest absolute Gasteiger partial charge is 0.306 e. The molecule has 2 saturated carbocycles. The van der Waals surface area contributed by atoms with Crippen molar-refractivity contribution < 1.29 is 9.53 Å². The van der Waals surface area contributed by atoms with Crippen LogP contribution in [0.1, 0.15) is 77.6 Å². The number of hydrogen-bond donors (Lipinski definition) is 0. The Balaban J connectivity index is 1.86. The third kappa shape index (κ3) is 1.80. The van der Waals surface area contributed by atoms with Crippen LogP contribution in [0.25, 0.3) is 0 Å². The summed E-state index contributed by atoms with van der Waals surface area (Å²) in [5.41, 5.74) is 0.183.